The topological polar surface area (TPSA) is 24.9 Å². The quantitative estimate of drug-likeness (QED) is 0.830. The Morgan fingerprint density at radius 3 is 2.57 bits per heavy atom. The van der Waals surface area contributed by atoms with Crippen molar-refractivity contribution >= 4 is 11.3 Å². The minimum atomic E-state index is 0.407. The van der Waals surface area contributed by atoms with Crippen molar-refractivity contribution in [2.45, 2.75) is 52.1 Å². The predicted molar refractivity (Wildman–Crippen MR) is 60.7 cm³/mol. The third kappa shape index (κ3) is 1.98. The van der Waals surface area contributed by atoms with Crippen LogP contribution in [0.3, 0.4) is 0 Å². The smallest absolute Gasteiger partial charge is 0.0900 e. The average Bonchev–Trinajstić information content (AvgIpc) is 2.38. The summed E-state index contributed by atoms with van der Waals surface area (Å²) in [5.74, 6) is 0. The zero-order valence-electron chi connectivity index (χ0n) is 9.18. The Balaban J connectivity index is 1.94. The van der Waals surface area contributed by atoms with E-state index in [9.17, 15) is 0 Å². The van der Waals surface area contributed by atoms with Gasteiger partial charge in [-0.15, -0.1) is 11.3 Å². The molecule has 0 aliphatic heterocycles. The summed E-state index contributed by atoms with van der Waals surface area (Å²) >= 11 is 1.82. The lowest BCUT2D eigenvalue weighted by atomic mass is 9.78. The number of aromatic nitrogens is 1. The van der Waals surface area contributed by atoms with Crippen molar-refractivity contribution in [3.8, 4) is 0 Å². The molecule has 0 unspecified atom stereocenters. The van der Waals surface area contributed by atoms with Gasteiger partial charge in [0.05, 0.1) is 10.7 Å². The Kier molecular flexibility index (Phi) is 2.62. The zero-order valence-corrected chi connectivity index (χ0v) is 10.0. The van der Waals surface area contributed by atoms with Crippen molar-refractivity contribution in [3.63, 3.8) is 0 Å². The van der Waals surface area contributed by atoms with Crippen LogP contribution in [0.4, 0.5) is 0 Å². The number of hydrogen-bond donors (Lipinski definition) is 1. The standard InChI is InChI=1S/C11H18N2S/c1-8-10(14-9(2)13-8)7-12-11(3)5-4-6-11/h12H,4-7H2,1-3H3. The van der Waals surface area contributed by atoms with Crippen LogP contribution in [0.2, 0.25) is 0 Å². The highest BCUT2D eigenvalue weighted by Crippen LogP contribution is 2.31. The molecule has 0 amide bonds. The van der Waals surface area contributed by atoms with Crippen LogP contribution in [-0.4, -0.2) is 10.5 Å². The normalized spacial score (nSPS) is 19.4. The summed E-state index contributed by atoms with van der Waals surface area (Å²) in [6.07, 6.45) is 4.03. The second-order valence-corrected chi connectivity index (χ2v) is 5.80. The van der Waals surface area contributed by atoms with Crippen LogP contribution in [0.1, 0.15) is 41.8 Å². The average molecular weight is 210 g/mol. The highest BCUT2D eigenvalue weighted by molar-refractivity contribution is 7.11. The largest absolute Gasteiger partial charge is 0.307 e. The van der Waals surface area contributed by atoms with Crippen molar-refractivity contribution in [3.05, 3.63) is 15.6 Å². The summed E-state index contributed by atoms with van der Waals surface area (Å²) < 4.78 is 0. The highest BCUT2D eigenvalue weighted by atomic mass is 32.1. The third-order valence-electron chi connectivity index (χ3n) is 3.13. The Labute approximate surface area is 89.8 Å². The molecule has 2 rings (SSSR count). The summed E-state index contributed by atoms with van der Waals surface area (Å²) in [4.78, 5) is 5.83. The molecule has 1 aromatic rings. The van der Waals surface area contributed by atoms with Crippen LogP contribution in [0.5, 0.6) is 0 Å². The summed E-state index contributed by atoms with van der Waals surface area (Å²) in [7, 11) is 0. The molecule has 0 aromatic carbocycles. The van der Waals surface area contributed by atoms with Crippen molar-refractivity contribution in [1.29, 1.82) is 0 Å². The molecule has 1 aromatic heterocycles. The number of nitrogens with one attached hydrogen (secondary N) is 1. The molecule has 1 saturated carbocycles. The first-order valence-corrected chi connectivity index (χ1v) is 6.09. The van der Waals surface area contributed by atoms with Crippen LogP contribution < -0.4 is 5.32 Å². The third-order valence-corrected chi connectivity index (χ3v) is 4.21. The molecule has 0 radical (unpaired) electrons. The summed E-state index contributed by atoms with van der Waals surface area (Å²) in [5.41, 5.74) is 1.60. The molecule has 3 heteroatoms. The maximum absolute atomic E-state index is 4.43. The van der Waals surface area contributed by atoms with Gasteiger partial charge in [0.2, 0.25) is 0 Å². The van der Waals surface area contributed by atoms with E-state index in [0.29, 0.717) is 5.54 Å². The second kappa shape index (κ2) is 3.63. The molecule has 0 saturated heterocycles. The van der Waals surface area contributed by atoms with E-state index in [2.05, 4.69) is 31.1 Å². The van der Waals surface area contributed by atoms with Gasteiger partial charge >= 0.3 is 0 Å². The van der Waals surface area contributed by atoms with Crippen LogP contribution in [0.25, 0.3) is 0 Å². The molecule has 2 nitrogen and oxygen atoms in total. The molecule has 14 heavy (non-hydrogen) atoms. The number of hydrogen-bond acceptors (Lipinski definition) is 3. The number of thiazole rings is 1. The van der Waals surface area contributed by atoms with E-state index >= 15 is 0 Å². The maximum Gasteiger partial charge on any atom is 0.0900 e. The van der Waals surface area contributed by atoms with E-state index < -0.39 is 0 Å². The van der Waals surface area contributed by atoms with Crippen molar-refractivity contribution in [2.24, 2.45) is 0 Å². The molecule has 1 heterocycles. The highest BCUT2D eigenvalue weighted by Gasteiger charge is 2.30. The molecule has 1 aliphatic rings. The van der Waals surface area contributed by atoms with Crippen molar-refractivity contribution in [2.75, 3.05) is 0 Å². The van der Waals surface area contributed by atoms with E-state index in [1.807, 2.05) is 11.3 Å². The lowest BCUT2D eigenvalue weighted by Gasteiger charge is -2.39. The number of rotatable bonds is 3. The van der Waals surface area contributed by atoms with Gasteiger partial charge in [-0.3, -0.25) is 0 Å². The van der Waals surface area contributed by atoms with Gasteiger partial charge in [-0.05, 0) is 40.0 Å². The minimum absolute atomic E-state index is 0.407. The summed E-state index contributed by atoms with van der Waals surface area (Å²) in [6, 6.07) is 0. The first-order chi connectivity index (χ1) is 6.59. The van der Waals surface area contributed by atoms with Crippen LogP contribution >= 0.6 is 11.3 Å². The van der Waals surface area contributed by atoms with E-state index in [0.717, 1.165) is 6.54 Å². The van der Waals surface area contributed by atoms with Crippen LogP contribution in [-0.2, 0) is 6.54 Å². The van der Waals surface area contributed by atoms with Gasteiger partial charge in [0, 0.05) is 17.0 Å². The lowest BCUT2D eigenvalue weighted by Crippen LogP contribution is -2.47. The molecule has 78 valence electrons. The molecule has 1 N–H and O–H groups in total. The fourth-order valence-electron chi connectivity index (χ4n) is 1.92. The SMILES string of the molecule is Cc1nc(C)c(CNC2(C)CCC2)s1. The van der Waals surface area contributed by atoms with E-state index in [4.69, 9.17) is 0 Å². The molecule has 1 fully saturated rings. The Bertz CT molecular complexity index is 326. The van der Waals surface area contributed by atoms with E-state index in [-0.39, 0.29) is 0 Å². The monoisotopic (exact) mass is 210 g/mol. The fraction of sp³-hybridized carbons (Fsp3) is 0.727. The second-order valence-electron chi connectivity index (χ2n) is 4.51. The Hall–Kier alpha value is -0.410. The minimum Gasteiger partial charge on any atom is -0.307 e. The Morgan fingerprint density at radius 2 is 2.14 bits per heavy atom. The van der Waals surface area contributed by atoms with Gasteiger partial charge in [0.15, 0.2) is 0 Å². The Morgan fingerprint density at radius 1 is 1.43 bits per heavy atom. The van der Waals surface area contributed by atoms with Crippen LogP contribution in [0.15, 0.2) is 0 Å². The van der Waals surface area contributed by atoms with Gasteiger partial charge in [-0.1, -0.05) is 0 Å². The molecule has 1 aliphatic carbocycles. The first kappa shape index (κ1) is 10.1. The number of aryl methyl sites for hydroxylation is 2. The maximum atomic E-state index is 4.43. The summed E-state index contributed by atoms with van der Waals surface area (Å²) in [6.45, 7) is 7.49. The molecular formula is C11H18N2S. The first-order valence-electron chi connectivity index (χ1n) is 5.27. The van der Waals surface area contributed by atoms with Gasteiger partial charge in [0.1, 0.15) is 0 Å². The van der Waals surface area contributed by atoms with Crippen molar-refractivity contribution in [1.82, 2.24) is 10.3 Å². The van der Waals surface area contributed by atoms with Gasteiger partial charge in [-0.2, -0.15) is 0 Å². The number of nitrogens with zero attached hydrogens (tertiary/aromatic N) is 1. The molecule has 0 bridgehead atoms. The van der Waals surface area contributed by atoms with Gasteiger partial charge in [0.25, 0.3) is 0 Å². The van der Waals surface area contributed by atoms with Crippen LogP contribution in [0, 0.1) is 13.8 Å². The molecule has 0 spiro atoms. The fourth-order valence-corrected chi connectivity index (χ4v) is 2.79. The van der Waals surface area contributed by atoms with Gasteiger partial charge in [-0.25, -0.2) is 4.98 Å². The lowest BCUT2D eigenvalue weighted by molar-refractivity contribution is 0.207. The van der Waals surface area contributed by atoms with Gasteiger partial charge < -0.3 is 5.32 Å². The molecular weight excluding hydrogens is 192 g/mol. The predicted octanol–water partition coefficient (Wildman–Crippen LogP) is 2.79. The summed E-state index contributed by atoms with van der Waals surface area (Å²) in [5, 5.41) is 4.82. The van der Waals surface area contributed by atoms with Crippen molar-refractivity contribution < 1.29 is 0 Å². The van der Waals surface area contributed by atoms with E-state index in [1.54, 1.807) is 0 Å². The van der Waals surface area contributed by atoms with E-state index in [1.165, 1.54) is 34.8 Å². The molecule has 0 atom stereocenters. The zero-order chi connectivity index (χ0) is 10.2.